The number of hydrogen-bond acceptors (Lipinski definition) is 4. The van der Waals surface area contributed by atoms with Crippen LogP contribution in [-0.2, 0) is 4.74 Å². The number of pyridine rings is 3. The zero-order chi connectivity index (χ0) is 18.2. The van der Waals surface area contributed by atoms with E-state index in [9.17, 15) is 0 Å². The first-order valence-electron chi connectivity index (χ1n) is 8.73. The van der Waals surface area contributed by atoms with Crippen molar-refractivity contribution in [3.8, 4) is 0 Å². The molecular weight excluding hydrogens is 321 g/mol. The summed E-state index contributed by atoms with van der Waals surface area (Å²) in [5, 5.41) is 0. The predicted octanol–water partition coefficient (Wildman–Crippen LogP) is 2.53. The summed E-state index contributed by atoms with van der Waals surface area (Å²) in [6.45, 7) is 2.73. The molecule has 3 aromatic heterocycles. The second kappa shape index (κ2) is 9.06. The van der Waals surface area contributed by atoms with Crippen molar-refractivity contribution in [2.75, 3.05) is 13.7 Å². The summed E-state index contributed by atoms with van der Waals surface area (Å²) in [7, 11) is 1.72. The average molecular weight is 343 g/mol. The van der Waals surface area contributed by atoms with E-state index in [0.29, 0.717) is 6.61 Å². The Kier molecular flexibility index (Phi) is 6.28. The van der Waals surface area contributed by atoms with E-state index >= 15 is 0 Å². The predicted molar refractivity (Wildman–Crippen MR) is 107 cm³/mol. The number of rotatable bonds is 7. The van der Waals surface area contributed by atoms with E-state index in [-0.39, 0.29) is 6.71 Å². The Hall–Kier alpha value is -2.79. The minimum atomic E-state index is -0.0795. The van der Waals surface area contributed by atoms with Gasteiger partial charge in [0.1, 0.15) is 0 Å². The molecule has 0 aliphatic carbocycles. The van der Waals surface area contributed by atoms with Gasteiger partial charge in [-0.25, -0.2) is 0 Å². The van der Waals surface area contributed by atoms with Crippen molar-refractivity contribution in [1.82, 2.24) is 15.0 Å². The highest BCUT2D eigenvalue weighted by Gasteiger charge is 2.30. The summed E-state index contributed by atoms with van der Waals surface area (Å²) in [4.78, 5) is 13.9. The van der Waals surface area contributed by atoms with Crippen molar-refractivity contribution in [2.45, 2.75) is 13.3 Å². The molecule has 0 radical (unpaired) electrons. The summed E-state index contributed by atoms with van der Waals surface area (Å²) >= 11 is 0. The molecule has 0 spiro atoms. The van der Waals surface area contributed by atoms with Crippen LogP contribution < -0.4 is 11.2 Å². The topological polar surface area (TPSA) is 47.9 Å². The molecule has 0 saturated heterocycles. The lowest BCUT2D eigenvalue weighted by Crippen LogP contribution is -2.47. The molecule has 4 nitrogen and oxygen atoms in total. The molecule has 0 aliphatic heterocycles. The molecule has 0 atom stereocenters. The molecule has 3 aromatic rings. The van der Waals surface area contributed by atoms with Crippen molar-refractivity contribution in [1.29, 1.82) is 0 Å². The van der Waals surface area contributed by atoms with Crippen LogP contribution in [0.3, 0.4) is 0 Å². The summed E-state index contributed by atoms with van der Waals surface area (Å²) < 4.78 is 5.30. The number of methoxy groups -OCH3 is 1. The number of ether oxygens (including phenoxy) is 1. The maximum Gasteiger partial charge on any atom is 0.290 e. The first kappa shape index (κ1) is 18.0. The number of nitrogens with zero attached hydrogens (tertiary/aromatic N) is 3. The van der Waals surface area contributed by atoms with E-state index in [2.05, 4.69) is 21.9 Å². The minimum Gasteiger partial charge on any atom is -0.384 e. The van der Waals surface area contributed by atoms with Gasteiger partial charge >= 0.3 is 0 Å². The quantitative estimate of drug-likeness (QED) is 0.619. The maximum atomic E-state index is 5.30. The molecule has 3 heterocycles. The maximum absolute atomic E-state index is 5.30. The standard InChI is InChI=1S/C21H22BN3O/c1-17(12-16-26-2)21(18-9-3-6-13-23-18)22(19-10-4-7-14-24-19)20-11-5-8-15-25-20/h3-11,13-15H,12,16H2,1-2H3/b21-17-. The molecule has 0 bridgehead atoms. The first-order chi connectivity index (χ1) is 12.8. The molecule has 0 unspecified atom stereocenters. The third kappa shape index (κ3) is 4.24. The third-order valence-corrected chi connectivity index (χ3v) is 4.34. The van der Waals surface area contributed by atoms with Crippen LogP contribution in [0.2, 0.25) is 0 Å². The van der Waals surface area contributed by atoms with Gasteiger partial charge in [-0.1, -0.05) is 23.8 Å². The zero-order valence-electron chi connectivity index (χ0n) is 15.2. The fourth-order valence-corrected chi connectivity index (χ4v) is 3.07. The van der Waals surface area contributed by atoms with Gasteiger partial charge in [0.2, 0.25) is 0 Å². The van der Waals surface area contributed by atoms with E-state index in [0.717, 1.165) is 28.8 Å². The van der Waals surface area contributed by atoms with Crippen LogP contribution >= 0.6 is 0 Å². The molecule has 0 aromatic carbocycles. The highest BCUT2D eigenvalue weighted by Crippen LogP contribution is 2.22. The van der Waals surface area contributed by atoms with Crippen LogP contribution in [0.15, 0.2) is 78.8 Å². The normalized spacial score (nSPS) is 11.8. The van der Waals surface area contributed by atoms with E-state index < -0.39 is 0 Å². The Morgan fingerprint density at radius 1 is 0.846 bits per heavy atom. The Balaban J connectivity index is 2.19. The Labute approximate surface area is 155 Å². The summed E-state index contributed by atoms with van der Waals surface area (Å²) in [6, 6.07) is 18.0. The second-order valence-corrected chi connectivity index (χ2v) is 6.09. The Morgan fingerprint density at radius 3 is 1.88 bits per heavy atom. The molecule has 0 amide bonds. The summed E-state index contributed by atoms with van der Waals surface area (Å²) in [6.07, 6.45) is 6.31. The lowest BCUT2D eigenvalue weighted by molar-refractivity contribution is 0.202. The molecule has 5 heteroatoms. The van der Waals surface area contributed by atoms with Gasteiger partial charge in [-0.15, -0.1) is 0 Å². The SMILES string of the molecule is COCC/C(C)=C(\B(c1ccccn1)c1ccccn1)c1ccccn1. The summed E-state index contributed by atoms with van der Waals surface area (Å²) in [5.74, 6) is 0. The highest BCUT2D eigenvalue weighted by molar-refractivity contribution is 6.98. The van der Waals surface area contributed by atoms with Crippen molar-refractivity contribution >= 4 is 23.4 Å². The fourth-order valence-electron chi connectivity index (χ4n) is 3.07. The van der Waals surface area contributed by atoms with Crippen molar-refractivity contribution in [2.24, 2.45) is 0 Å². The number of aromatic nitrogens is 3. The number of hydrogen-bond donors (Lipinski definition) is 0. The molecule has 0 fully saturated rings. The third-order valence-electron chi connectivity index (χ3n) is 4.34. The van der Waals surface area contributed by atoms with Crippen LogP contribution in [0.4, 0.5) is 0 Å². The van der Waals surface area contributed by atoms with Gasteiger partial charge < -0.3 is 4.74 Å². The Bertz CT molecular complexity index is 799. The minimum absolute atomic E-state index is 0.0795. The van der Waals surface area contributed by atoms with Crippen LogP contribution in [0.5, 0.6) is 0 Å². The van der Waals surface area contributed by atoms with Gasteiger partial charge in [0.25, 0.3) is 6.71 Å². The van der Waals surface area contributed by atoms with E-state index in [1.165, 1.54) is 5.57 Å². The van der Waals surface area contributed by atoms with Crippen LogP contribution in [0.25, 0.3) is 5.47 Å². The van der Waals surface area contributed by atoms with Gasteiger partial charge in [0.05, 0.1) is 5.69 Å². The van der Waals surface area contributed by atoms with Gasteiger partial charge in [-0.2, -0.15) is 0 Å². The largest absolute Gasteiger partial charge is 0.384 e. The van der Waals surface area contributed by atoms with Crippen molar-refractivity contribution in [3.05, 3.63) is 84.5 Å². The zero-order valence-corrected chi connectivity index (χ0v) is 15.2. The molecule has 0 N–H and O–H groups in total. The molecule has 26 heavy (non-hydrogen) atoms. The van der Waals surface area contributed by atoms with Gasteiger partial charge in [0, 0.05) is 43.5 Å². The molecule has 130 valence electrons. The van der Waals surface area contributed by atoms with E-state index in [1.807, 2.05) is 73.2 Å². The Morgan fingerprint density at radius 2 is 1.42 bits per heavy atom. The van der Waals surface area contributed by atoms with Crippen LogP contribution in [-0.4, -0.2) is 35.4 Å². The van der Waals surface area contributed by atoms with Crippen molar-refractivity contribution in [3.63, 3.8) is 0 Å². The van der Waals surface area contributed by atoms with Gasteiger partial charge in [-0.05, 0) is 55.2 Å². The molecular formula is C21H22BN3O. The molecule has 0 aliphatic rings. The van der Waals surface area contributed by atoms with E-state index in [1.54, 1.807) is 7.11 Å². The monoisotopic (exact) mass is 343 g/mol. The summed E-state index contributed by atoms with van der Waals surface area (Å²) in [5.41, 5.74) is 5.24. The highest BCUT2D eigenvalue weighted by atomic mass is 16.5. The second-order valence-electron chi connectivity index (χ2n) is 6.09. The van der Waals surface area contributed by atoms with E-state index in [4.69, 9.17) is 4.74 Å². The molecule has 3 rings (SSSR count). The van der Waals surface area contributed by atoms with Crippen molar-refractivity contribution < 1.29 is 4.74 Å². The smallest absolute Gasteiger partial charge is 0.290 e. The average Bonchev–Trinajstić information content (AvgIpc) is 2.72. The van der Waals surface area contributed by atoms with Gasteiger partial charge in [0.15, 0.2) is 0 Å². The molecule has 0 saturated carbocycles. The lowest BCUT2D eigenvalue weighted by atomic mass is 9.38. The van der Waals surface area contributed by atoms with Crippen LogP contribution in [0, 0.1) is 0 Å². The fraction of sp³-hybridized carbons (Fsp3) is 0.190. The first-order valence-corrected chi connectivity index (χ1v) is 8.73. The lowest BCUT2D eigenvalue weighted by Gasteiger charge is -2.20. The van der Waals surface area contributed by atoms with Gasteiger partial charge in [-0.3, -0.25) is 15.0 Å². The van der Waals surface area contributed by atoms with Crippen LogP contribution in [0.1, 0.15) is 19.0 Å².